The van der Waals surface area contributed by atoms with Gasteiger partial charge in [-0.05, 0) is 6.42 Å². The molecule has 2 fully saturated rings. The van der Waals surface area contributed by atoms with Crippen LogP contribution in [0, 0.1) is 0 Å². The van der Waals surface area contributed by atoms with Crippen molar-refractivity contribution < 1.29 is 10.0 Å². The van der Waals surface area contributed by atoms with Crippen LogP contribution >= 0.6 is 0 Å². The van der Waals surface area contributed by atoms with Gasteiger partial charge >= 0.3 is 0 Å². The maximum Gasteiger partial charge on any atom is 0.277 e. The first-order chi connectivity index (χ1) is 8.28. The van der Waals surface area contributed by atoms with E-state index in [1.807, 2.05) is 0 Å². The minimum absolute atomic E-state index is 0.249. The summed E-state index contributed by atoms with van der Waals surface area (Å²) in [6, 6.07) is 0.988. The summed E-state index contributed by atoms with van der Waals surface area (Å²) >= 11 is 0. The highest BCUT2D eigenvalue weighted by Gasteiger charge is 2.38. The van der Waals surface area contributed by atoms with Crippen molar-refractivity contribution >= 4 is 11.9 Å². The molecule has 1 aromatic rings. The van der Waals surface area contributed by atoms with E-state index in [4.69, 9.17) is 5.21 Å². The van der Waals surface area contributed by atoms with Crippen LogP contribution in [-0.4, -0.2) is 46.3 Å². The first-order valence-electron chi connectivity index (χ1n) is 5.54. The fraction of sp³-hybridized carbons (Fsp3) is 0.500. The summed E-state index contributed by atoms with van der Waals surface area (Å²) in [4.78, 5) is 21.6. The number of anilines is 1. The molecule has 2 saturated heterocycles. The van der Waals surface area contributed by atoms with Gasteiger partial charge in [0, 0.05) is 37.6 Å². The lowest BCUT2D eigenvalue weighted by Crippen LogP contribution is -2.44. The van der Waals surface area contributed by atoms with Crippen LogP contribution in [0.15, 0.2) is 12.4 Å². The average molecular weight is 235 g/mol. The third kappa shape index (κ3) is 1.73. The standard InChI is InChI=1S/C10H13N5O2/c16-9(14-17)6-2-12-10(13-3-6)15-5-7-1-8(15)4-11-7/h2-3,7-8,11,17H,1,4-5H2,(H,14,16)/t7-,8+/m1/s1. The van der Waals surface area contributed by atoms with Gasteiger partial charge < -0.3 is 10.2 Å². The Morgan fingerprint density at radius 1 is 1.53 bits per heavy atom. The number of piperazine rings is 1. The normalized spacial score (nSPS) is 26.3. The molecule has 3 rings (SSSR count). The molecule has 2 aliphatic rings. The van der Waals surface area contributed by atoms with Crippen LogP contribution in [0.3, 0.4) is 0 Å². The molecule has 7 nitrogen and oxygen atoms in total. The summed E-state index contributed by atoms with van der Waals surface area (Å²) in [6.07, 6.45) is 3.98. The molecular formula is C10H13N5O2. The molecule has 0 radical (unpaired) electrons. The Hall–Kier alpha value is -1.73. The van der Waals surface area contributed by atoms with Crippen molar-refractivity contribution in [2.75, 3.05) is 18.0 Å². The zero-order valence-corrected chi connectivity index (χ0v) is 9.13. The van der Waals surface area contributed by atoms with Gasteiger partial charge in [0.05, 0.1) is 5.56 Å². The van der Waals surface area contributed by atoms with Gasteiger partial charge in [0.2, 0.25) is 5.95 Å². The molecule has 3 N–H and O–H groups in total. The molecule has 2 atom stereocenters. The first-order valence-corrected chi connectivity index (χ1v) is 5.54. The predicted molar refractivity (Wildman–Crippen MR) is 58.8 cm³/mol. The van der Waals surface area contributed by atoms with E-state index in [2.05, 4.69) is 20.2 Å². The quantitative estimate of drug-likeness (QED) is 0.457. The van der Waals surface area contributed by atoms with Gasteiger partial charge in [-0.25, -0.2) is 15.4 Å². The number of aromatic nitrogens is 2. The molecule has 2 aliphatic heterocycles. The molecule has 0 saturated carbocycles. The van der Waals surface area contributed by atoms with Crippen LogP contribution in [-0.2, 0) is 0 Å². The molecule has 90 valence electrons. The minimum atomic E-state index is -0.596. The number of nitrogens with one attached hydrogen (secondary N) is 2. The molecule has 0 spiro atoms. The van der Waals surface area contributed by atoms with Gasteiger partial charge in [-0.2, -0.15) is 0 Å². The number of rotatable bonds is 2. The second kappa shape index (κ2) is 3.94. The van der Waals surface area contributed by atoms with Crippen LogP contribution in [0.25, 0.3) is 0 Å². The molecule has 0 unspecified atom stereocenters. The van der Waals surface area contributed by atoms with E-state index < -0.39 is 5.91 Å². The maximum atomic E-state index is 11.1. The zero-order valence-electron chi connectivity index (χ0n) is 9.13. The Kier molecular flexibility index (Phi) is 2.41. The number of fused-ring (bicyclic) bond motifs is 2. The van der Waals surface area contributed by atoms with Crippen LogP contribution in [0.5, 0.6) is 0 Å². The Labute approximate surface area is 97.8 Å². The van der Waals surface area contributed by atoms with Gasteiger partial charge in [-0.15, -0.1) is 0 Å². The number of hydroxylamine groups is 1. The van der Waals surface area contributed by atoms with Crippen molar-refractivity contribution in [3.05, 3.63) is 18.0 Å². The van der Waals surface area contributed by atoms with E-state index >= 15 is 0 Å². The summed E-state index contributed by atoms with van der Waals surface area (Å²) in [5.74, 6) is 0.0506. The van der Waals surface area contributed by atoms with E-state index in [0.29, 0.717) is 18.0 Å². The van der Waals surface area contributed by atoms with Gasteiger partial charge in [-0.3, -0.25) is 10.0 Å². The van der Waals surface area contributed by atoms with E-state index in [0.717, 1.165) is 19.5 Å². The highest BCUT2D eigenvalue weighted by atomic mass is 16.5. The molecule has 0 aromatic carbocycles. The Bertz CT molecular complexity index is 435. The summed E-state index contributed by atoms with van der Waals surface area (Å²) in [5, 5.41) is 11.9. The Morgan fingerprint density at radius 2 is 2.29 bits per heavy atom. The first kappa shape index (κ1) is 10.4. The summed E-state index contributed by atoms with van der Waals surface area (Å²) in [7, 11) is 0. The number of carbonyl (C=O) groups is 1. The molecule has 7 heteroatoms. The summed E-state index contributed by atoms with van der Waals surface area (Å²) in [5.41, 5.74) is 1.80. The molecule has 0 aliphatic carbocycles. The van der Waals surface area contributed by atoms with Crippen LogP contribution in [0.2, 0.25) is 0 Å². The lowest BCUT2D eigenvalue weighted by atomic mass is 10.2. The number of nitrogens with zero attached hydrogens (tertiary/aromatic N) is 3. The van der Waals surface area contributed by atoms with Gasteiger partial charge in [-0.1, -0.05) is 0 Å². The lowest BCUT2D eigenvalue weighted by Gasteiger charge is -2.27. The second-order valence-electron chi connectivity index (χ2n) is 4.36. The number of carbonyl (C=O) groups excluding carboxylic acids is 1. The van der Waals surface area contributed by atoms with Crippen molar-refractivity contribution in [3.63, 3.8) is 0 Å². The van der Waals surface area contributed by atoms with Crippen molar-refractivity contribution in [2.24, 2.45) is 0 Å². The van der Waals surface area contributed by atoms with E-state index in [9.17, 15) is 4.79 Å². The zero-order chi connectivity index (χ0) is 11.8. The minimum Gasteiger partial charge on any atom is -0.335 e. The fourth-order valence-electron chi connectivity index (χ4n) is 2.46. The number of hydrogen-bond donors (Lipinski definition) is 3. The predicted octanol–water partition coefficient (Wildman–Crippen LogP) is -0.854. The Morgan fingerprint density at radius 3 is 2.82 bits per heavy atom. The van der Waals surface area contributed by atoms with Crippen molar-refractivity contribution in [1.29, 1.82) is 0 Å². The van der Waals surface area contributed by atoms with Crippen molar-refractivity contribution in [3.8, 4) is 0 Å². The molecule has 3 heterocycles. The molecule has 17 heavy (non-hydrogen) atoms. The summed E-state index contributed by atoms with van der Waals surface area (Å²) in [6.45, 7) is 1.88. The fourth-order valence-corrected chi connectivity index (χ4v) is 2.46. The van der Waals surface area contributed by atoms with E-state index in [-0.39, 0.29) is 5.56 Å². The van der Waals surface area contributed by atoms with Crippen LogP contribution in [0.1, 0.15) is 16.8 Å². The smallest absolute Gasteiger partial charge is 0.277 e. The van der Waals surface area contributed by atoms with E-state index in [1.54, 1.807) is 5.48 Å². The third-order valence-corrected chi connectivity index (χ3v) is 3.32. The largest absolute Gasteiger partial charge is 0.335 e. The van der Waals surface area contributed by atoms with Crippen molar-refractivity contribution in [1.82, 2.24) is 20.8 Å². The van der Waals surface area contributed by atoms with Gasteiger partial charge in [0.15, 0.2) is 0 Å². The SMILES string of the molecule is O=C(NO)c1cnc(N2C[C@H]3C[C@H]2CN3)nc1. The molecule has 1 aromatic heterocycles. The van der Waals surface area contributed by atoms with Crippen molar-refractivity contribution in [2.45, 2.75) is 18.5 Å². The maximum absolute atomic E-state index is 11.1. The number of amides is 1. The lowest BCUT2D eigenvalue weighted by molar-refractivity contribution is 0.0705. The topological polar surface area (TPSA) is 90.4 Å². The monoisotopic (exact) mass is 235 g/mol. The molecule has 1 amide bonds. The Balaban J connectivity index is 1.78. The average Bonchev–Trinajstić information content (AvgIpc) is 3.00. The number of hydrogen-bond acceptors (Lipinski definition) is 6. The second-order valence-corrected chi connectivity index (χ2v) is 4.36. The van der Waals surface area contributed by atoms with Crippen LogP contribution < -0.4 is 15.7 Å². The van der Waals surface area contributed by atoms with E-state index in [1.165, 1.54) is 12.4 Å². The van der Waals surface area contributed by atoms with Gasteiger partial charge in [0.1, 0.15) is 0 Å². The third-order valence-electron chi connectivity index (χ3n) is 3.32. The van der Waals surface area contributed by atoms with Gasteiger partial charge in [0.25, 0.3) is 5.91 Å². The highest BCUT2D eigenvalue weighted by molar-refractivity contribution is 5.92. The summed E-state index contributed by atoms with van der Waals surface area (Å²) < 4.78 is 0. The van der Waals surface area contributed by atoms with Crippen LogP contribution in [0.4, 0.5) is 5.95 Å². The highest BCUT2D eigenvalue weighted by Crippen LogP contribution is 2.26. The molecule has 2 bridgehead atoms. The molecular weight excluding hydrogens is 222 g/mol.